The van der Waals surface area contributed by atoms with Crippen LogP contribution in [0.25, 0.3) is 0 Å². The molecule has 0 aromatic heterocycles. The van der Waals surface area contributed by atoms with Gasteiger partial charge in [0, 0.05) is 12.5 Å². The van der Waals surface area contributed by atoms with Gasteiger partial charge in [-0.1, -0.05) is 26.2 Å². The zero-order chi connectivity index (χ0) is 8.81. The molecular weight excluding hydrogens is 152 g/mol. The molecule has 1 rings (SSSR count). The van der Waals surface area contributed by atoms with Gasteiger partial charge in [0.05, 0.1) is 12.7 Å². The van der Waals surface area contributed by atoms with E-state index in [0.717, 1.165) is 6.61 Å². The zero-order valence-electron chi connectivity index (χ0n) is 7.96. The number of aliphatic hydroxyl groups excluding tert-OH is 1. The number of hydrogen-bond donors (Lipinski definition) is 1. The highest BCUT2D eigenvalue weighted by atomic mass is 16.5. The van der Waals surface area contributed by atoms with Crippen molar-refractivity contribution in [3.63, 3.8) is 0 Å². The predicted molar refractivity (Wildman–Crippen MR) is 49.1 cm³/mol. The highest BCUT2D eigenvalue weighted by molar-refractivity contribution is 4.65. The molecule has 1 unspecified atom stereocenters. The lowest BCUT2D eigenvalue weighted by molar-refractivity contribution is 0.000903. The second-order valence-electron chi connectivity index (χ2n) is 3.88. The Morgan fingerprint density at radius 3 is 2.58 bits per heavy atom. The van der Waals surface area contributed by atoms with Crippen molar-refractivity contribution < 1.29 is 9.84 Å². The summed E-state index contributed by atoms with van der Waals surface area (Å²) in [7, 11) is 0. The van der Waals surface area contributed by atoms with Gasteiger partial charge in [0.15, 0.2) is 0 Å². The lowest BCUT2D eigenvalue weighted by Gasteiger charge is -2.23. The molecule has 0 radical (unpaired) electrons. The molecular formula is C10H20O2. The van der Waals surface area contributed by atoms with E-state index in [0.29, 0.717) is 12.0 Å². The quantitative estimate of drug-likeness (QED) is 0.702. The SMILES string of the molecule is CC(CO)COC1CCCCC1. The Labute approximate surface area is 74.9 Å². The molecule has 1 N–H and O–H groups in total. The Hall–Kier alpha value is -0.0800. The van der Waals surface area contributed by atoms with E-state index in [-0.39, 0.29) is 6.61 Å². The molecule has 2 heteroatoms. The average Bonchev–Trinajstić information content (AvgIpc) is 2.16. The molecule has 0 aliphatic heterocycles. The summed E-state index contributed by atoms with van der Waals surface area (Å²) in [6, 6.07) is 0. The molecule has 0 bridgehead atoms. The Balaban J connectivity index is 2.05. The highest BCUT2D eigenvalue weighted by Crippen LogP contribution is 2.20. The molecule has 0 amide bonds. The molecule has 2 nitrogen and oxygen atoms in total. The summed E-state index contributed by atoms with van der Waals surface area (Å²) in [6.45, 7) is 2.98. The van der Waals surface area contributed by atoms with Gasteiger partial charge in [-0.25, -0.2) is 0 Å². The molecule has 0 spiro atoms. The molecule has 0 saturated heterocycles. The summed E-state index contributed by atoms with van der Waals surface area (Å²) in [4.78, 5) is 0. The van der Waals surface area contributed by atoms with E-state index in [9.17, 15) is 0 Å². The third-order valence-corrected chi connectivity index (χ3v) is 2.48. The number of ether oxygens (including phenoxy) is 1. The van der Waals surface area contributed by atoms with Crippen LogP contribution in [0.15, 0.2) is 0 Å². The monoisotopic (exact) mass is 172 g/mol. The maximum atomic E-state index is 8.78. The van der Waals surface area contributed by atoms with E-state index < -0.39 is 0 Å². The van der Waals surface area contributed by atoms with Crippen molar-refractivity contribution in [2.45, 2.75) is 45.1 Å². The summed E-state index contributed by atoms with van der Waals surface area (Å²) in [5, 5.41) is 8.78. The first kappa shape index (κ1) is 10.0. The van der Waals surface area contributed by atoms with Gasteiger partial charge in [-0.15, -0.1) is 0 Å². The second-order valence-corrected chi connectivity index (χ2v) is 3.88. The average molecular weight is 172 g/mol. The van der Waals surface area contributed by atoms with Crippen molar-refractivity contribution in [3.05, 3.63) is 0 Å². The Morgan fingerprint density at radius 2 is 2.00 bits per heavy atom. The molecule has 0 aromatic carbocycles. The number of rotatable bonds is 4. The normalized spacial score (nSPS) is 22.5. The molecule has 72 valence electrons. The van der Waals surface area contributed by atoms with Gasteiger partial charge in [0.2, 0.25) is 0 Å². The lowest BCUT2D eigenvalue weighted by atomic mass is 9.98. The molecule has 1 saturated carbocycles. The minimum Gasteiger partial charge on any atom is -0.396 e. The first-order chi connectivity index (χ1) is 5.83. The maximum absolute atomic E-state index is 8.78. The van der Waals surface area contributed by atoms with Gasteiger partial charge in [0.25, 0.3) is 0 Å². The van der Waals surface area contributed by atoms with Gasteiger partial charge < -0.3 is 9.84 Å². The van der Waals surface area contributed by atoms with Crippen LogP contribution in [0, 0.1) is 5.92 Å². The van der Waals surface area contributed by atoms with Crippen molar-refractivity contribution in [1.29, 1.82) is 0 Å². The largest absolute Gasteiger partial charge is 0.396 e. The molecule has 0 heterocycles. The molecule has 12 heavy (non-hydrogen) atoms. The summed E-state index contributed by atoms with van der Waals surface area (Å²) in [5.74, 6) is 0.298. The zero-order valence-corrected chi connectivity index (χ0v) is 7.96. The molecule has 1 atom stereocenters. The summed E-state index contributed by atoms with van der Waals surface area (Å²) in [6.07, 6.45) is 6.93. The lowest BCUT2D eigenvalue weighted by Crippen LogP contribution is -2.21. The Kier molecular flexibility index (Phi) is 4.62. The first-order valence-electron chi connectivity index (χ1n) is 5.05. The van der Waals surface area contributed by atoms with Gasteiger partial charge >= 0.3 is 0 Å². The number of aliphatic hydroxyl groups is 1. The molecule has 0 aromatic rings. The van der Waals surface area contributed by atoms with E-state index in [4.69, 9.17) is 9.84 Å². The van der Waals surface area contributed by atoms with Crippen LogP contribution in [0.4, 0.5) is 0 Å². The van der Waals surface area contributed by atoms with Gasteiger partial charge in [-0.3, -0.25) is 0 Å². The summed E-state index contributed by atoms with van der Waals surface area (Å²) >= 11 is 0. The van der Waals surface area contributed by atoms with Crippen LogP contribution in [-0.4, -0.2) is 24.4 Å². The minimum absolute atomic E-state index is 0.243. The van der Waals surface area contributed by atoms with Gasteiger partial charge in [-0.05, 0) is 12.8 Å². The maximum Gasteiger partial charge on any atom is 0.0575 e. The third kappa shape index (κ3) is 3.55. The standard InChI is InChI=1S/C10H20O2/c1-9(7-11)8-12-10-5-3-2-4-6-10/h9-11H,2-8H2,1H3. The van der Waals surface area contributed by atoms with Gasteiger partial charge in [0.1, 0.15) is 0 Å². The van der Waals surface area contributed by atoms with E-state index in [1.54, 1.807) is 0 Å². The predicted octanol–water partition coefficient (Wildman–Crippen LogP) is 1.96. The number of hydrogen-bond acceptors (Lipinski definition) is 2. The van der Waals surface area contributed by atoms with E-state index in [2.05, 4.69) is 0 Å². The molecule has 1 fully saturated rings. The van der Waals surface area contributed by atoms with Crippen molar-refractivity contribution in [2.75, 3.05) is 13.2 Å². The highest BCUT2D eigenvalue weighted by Gasteiger charge is 2.14. The van der Waals surface area contributed by atoms with Crippen molar-refractivity contribution in [1.82, 2.24) is 0 Å². The van der Waals surface area contributed by atoms with Crippen LogP contribution in [0.1, 0.15) is 39.0 Å². The first-order valence-corrected chi connectivity index (χ1v) is 5.05. The van der Waals surface area contributed by atoms with Gasteiger partial charge in [-0.2, -0.15) is 0 Å². The van der Waals surface area contributed by atoms with E-state index >= 15 is 0 Å². The van der Waals surface area contributed by atoms with Crippen LogP contribution >= 0.6 is 0 Å². The van der Waals surface area contributed by atoms with Crippen LogP contribution in [0.3, 0.4) is 0 Å². The summed E-state index contributed by atoms with van der Waals surface area (Å²) < 4.78 is 5.68. The summed E-state index contributed by atoms with van der Waals surface area (Å²) in [5.41, 5.74) is 0. The fourth-order valence-corrected chi connectivity index (χ4v) is 1.58. The minimum atomic E-state index is 0.243. The van der Waals surface area contributed by atoms with Crippen LogP contribution in [0.5, 0.6) is 0 Å². The Bertz CT molecular complexity index is 108. The van der Waals surface area contributed by atoms with Crippen LogP contribution < -0.4 is 0 Å². The fraction of sp³-hybridized carbons (Fsp3) is 1.00. The second kappa shape index (κ2) is 5.55. The Morgan fingerprint density at radius 1 is 1.33 bits per heavy atom. The van der Waals surface area contributed by atoms with E-state index in [1.165, 1.54) is 32.1 Å². The van der Waals surface area contributed by atoms with Crippen molar-refractivity contribution in [3.8, 4) is 0 Å². The van der Waals surface area contributed by atoms with Crippen LogP contribution in [-0.2, 0) is 4.74 Å². The van der Waals surface area contributed by atoms with Crippen LogP contribution in [0.2, 0.25) is 0 Å². The van der Waals surface area contributed by atoms with E-state index in [1.807, 2.05) is 6.92 Å². The topological polar surface area (TPSA) is 29.5 Å². The third-order valence-electron chi connectivity index (χ3n) is 2.48. The van der Waals surface area contributed by atoms with Crippen molar-refractivity contribution >= 4 is 0 Å². The smallest absolute Gasteiger partial charge is 0.0575 e. The molecule has 1 aliphatic rings. The van der Waals surface area contributed by atoms with Crippen molar-refractivity contribution in [2.24, 2.45) is 5.92 Å². The fourth-order valence-electron chi connectivity index (χ4n) is 1.58. The molecule has 1 aliphatic carbocycles.